The molecular formula is C17H28BrN3. The van der Waals surface area contributed by atoms with Crippen LogP contribution in [0, 0.1) is 0 Å². The van der Waals surface area contributed by atoms with Crippen LogP contribution in [0.3, 0.4) is 0 Å². The third-order valence-electron chi connectivity index (χ3n) is 4.46. The highest BCUT2D eigenvalue weighted by molar-refractivity contribution is 9.10. The summed E-state index contributed by atoms with van der Waals surface area (Å²) in [6.07, 6.45) is 2.17. The van der Waals surface area contributed by atoms with Gasteiger partial charge < -0.3 is 10.6 Å². The van der Waals surface area contributed by atoms with Gasteiger partial charge in [0, 0.05) is 48.4 Å². The first-order valence-electron chi connectivity index (χ1n) is 8.04. The Morgan fingerprint density at radius 3 is 2.43 bits per heavy atom. The molecular weight excluding hydrogens is 326 g/mol. The first-order chi connectivity index (χ1) is 10.0. The molecule has 0 aliphatic carbocycles. The number of halogens is 1. The Bertz CT molecular complexity index is 453. The largest absolute Gasteiger partial charge is 0.369 e. The van der Waals surface area contributed by atoms with Crippen molar-refractivity contribution in [1.82, 2.24) is 4.90 Å². The van der Waals surface area contributed by atoms with Crippen LogP contribution in [0.4, 0.5) is 5.69 Å². The van der Waals surface area contributed by atoms with E-state index in [1.54, 1.807) is 0 Å². The Morgan fingerprint density at radius 2 is 1.86 bits per heavy atom. The number of rotatable bonds is 5. The van der Waals surface area contributed by atoms with Crippen LogP contribution in [0.1, 0.15) is 32.8 Å². The highest BCUT2D eigenvalue weighted by atomic mass is 79.9. The number of piperazine rings is 1. The lowest BCUT2D eigenvalue weighted by Gasteiger charge is -2.39. The van der Waals surface area contributed by atoms with E-state index in [0.29, 0.717) is 6.04 Å². The standard InChI is InChI=1S/C17H28BrN3/c1-4-14(3)20-7-9-21(10-8-20)17-12-16(18)6-5-15(17)11-13(2)19/h5-6,12-14H,4,7-11,19H2,1-3H3. The van der Waals surface area contributed by atoms with Crippen molar-refractivity contribution in [1.29, 1.82) is 0 Å². The fourth-order valence-electron chi connectivity index (χ4n) is 3.01. The molecule has 2 N–H and O–H groups in total. The number of hydrogen-bond acceptors (Lipinski definition) is 3. The maximum absolute atomic E-state index is 6.00. The molecule has 1 aromatic rings. The fraction of sp³-hybridized carbons (Fsp3) is 0.647. The monoisotopic (exact) mass is 353 g/mol. The van der Waals surface area contributed by atoms with Crippen molar-refractivity contribution >= 4 is 21.6 Å². The maximum atomic E-state index is 6.00. The molecule has 3 nitrogen and oxygen atoms in total. The van der Waals surface area contributed by atoms with Gasteiger partial charge in [-0.2, -0.15) is 0 Å². The van der Waals surface area contributed by atoms with Gasteiger partial charge in [-0.05, 0) is 44.4 Å². The number of anilines is 1. The molecule has 1 aromatic carbocycles. The summed E-state index contributed by atoms with van der Waals surface area (Å²) in [6.45, 7) is 11.2. The van der Waals surface area contributed by atoms with Crippen LogP contribution in [0.2, 0.25) is 0 Å². The third kappa shape index (κ3) is 4.44. The Morgan fingerprint density at radius 1 is 1.19 bits per heavy atom. The first kappa shape index (κ1) is 16.8. The van der Waals surface area contributed by atoms with E-state index in [1.807, 2.05) is 0 Å². The Hall–Kier alpha value is -0.580. The number of hydrogen-bond donors (Lipinski definition) is 1. The molecule has 2 unspecified atom stereocenters. The minimum atomic E-state index is 0.200. The molecule has 21 heavy (non-hydrogen) atoms. The molecule has 118 valence electrons. The highest BCUT2D eigenvalue weighted by Gasteiger charge is 2.22. The maximum Gasteiger partial charge on any atom is 0.0411 e. The van der Waals surface area contributed by atoms with Gasteiger partial charge in [-0.3, -0.25) is 4.90 Å². The van der Waals surface area contributed by atoms with E-state index in [9.17, 15) is 0 Å². The fourth-order valence-corrected chi connectivity index (χ4v) is 3.36. The number of benzene rings is 1. The van der Waals surface area contributed by atoms with Crippen LogP contribution in [-0.2, 0) is 6.42 Å². The summed E-state index contributed by atoms with van der Waals surface area (Å²) in [4.78, 5) is 5.11. The van der Waals surface area contributed by atoms with Crippen molar-refractivity contribution < 1.29 is 0 Å². The molecule has 1 aliphatic heterocycles. The van der Waals surface area contributed by atoms with Crippen LogP contribution < -0.4 is 10.6 Å². The minimum absolute atomic E-state index is 0.200. The average molecular weight is 354 g/mol. The van der Waals surface area contributed by atoms with Crippen molar-refractivity contribution in [3.8, 4) is 0 Å². The van der Waals surface area contributed by atoms with E-state index < -0.39 is 0 Å². The summed E-state index contributed by atoms with van der Waals surface area (Å²) < 4.78 is 1.15. The van der Waals surface area contributed by atoms with Crippen molar-refractivity contribution in [3.05, 3.63) is 28.2 Å². The molecule has 1 heterocycles. The van der Waals surface area contributed by atoms with Gasteiger partial charge >= 0.3 is 0 Å². The van der Waals surface area contributed by atoms with Gasteiger partial charge in [0.2, 0.25) is 0 Å². The molecule has 0 aromatic heterocycles. The molecule has 0 spiro atoms. The molecule has 1 saturated heterocycles. The van der Waals surface area contributed by atoms with Crippen molar-refractivity contribution in [3.63, 3.8) is 0 Å². The van der Waals surface area contributed by atoms with Gasteiger partial charge in [0.25, 0.3) is 0 Å². The second-order valence-corrected chi connectivity index (χ2v) is 7.15. The van der Waals surface area contributed by atoms with E-state index in [1.165, 1.54) is 17.7 Å². The van der Waals surface area contributed by atoms with Crippen molar-refractivity contribution in [2.24, 2.45) is 5.73 Å². The molecule has 0 radical (unpaired) electrons. The summed E-state index contributed by atoms with van der Waals surface area (Å²) in [7, 11) is 0. The van der Waals surface area contributed by atoms with E-state index in [2.05, 4.69) is 64.7 Å². The SMILES string of the molecule is CCC(C)N1CCN(c2cc(Br)ccc2CC(C)N)CC1. The summed E-state index contributed by atoms with van der Waals surface area (Å²) >= 11 is 3.61. The summed E-state index contributed by atoms with van der Waals surface area (Å²) in [5.74, 6) is 0. The second-order valence-electron chi connectivity index (χ2n) is 6.23. The minimum Gasteiger partial charge on any atom is -0.369 e. The molecule has 2 rings (SSSR count). The topological polar surface area (TPSA) is 32.5 Å². The lowest BCUT2D eigenvalue weighted by molar-refractivity contribution is 0.192. The molecule has 0 amide bonds. The number of nitrogens with two attached hydrogens (primary N) is 1. The molecule has 0 bridgehead atoms. The van der Waals surface area contributed by atoms with Gasteiger partial charge in [0.15, 0.2) is 0 Å². The lowest BCUT2D eigenvalue weighted by Crippen LogP contribution is -2.49. The summed E-state index contributed by atoms with van der Waals surface area (Å²) in [5, 5.41) is 0. The smallest absolute Gasteiger partial charge is 0.0411 e. The van der Waals surface area contributed by atoms with Crippen LogP contribution >= 0.6 is 15.9 Å². The van der Waals surface area contributed by atoms with E-state index in [-0.39, 0.29) is 6.04 Å². The molecule has 0 saturated carbocycles. The van der Waals surface area contributed by atoms with Gasteiger partial charge in [-0.25, -0.2) is 0 Å². The zero-order chi connectivity index (χ0) is 15.4. The first-order valence-corrected chi connectivity index (χ1v) is 8.83. The van der Waals surface area contributed by atoms with Gasteiger partial charge in [0.1, 0.15) is 0 Å². The van der Waals surface area contributed by atoms with E-state index >= 15 is 0 Å². The Kier molecular flexibility index (Phi) is 6.08. The third-order valence-corrected chi connectivity index (χ3v) is 4.95. The van der Waals surface area contributed by atoms with Gasteiger partial charge in [-0.1, -0.05) is 28.9 Å². The normalized spacial score (nSPS) is 19.6. The highest BCUT2D eigenvalue weighted by Crippen LogP contribution is 2.27. The molecule has 1 fully saturated rings. The van der Waals surface area contributed by atoms with Gasteiger partial charge in [0.05, 0.1) is 0 Å². The van der Waals surface area contributed by atoms with Crippen LogP contribution in [-0.4, -0.2) is 43.2 Å². The van der Waals surface area contributed by atoms with E-state index in [4.69, 9.17) is 5.73 Å². The van der Waals surface area contributed by atoms with Crippen LogP contribution in [0.25, 0.3) is 0 Å². The van der Waals surface area contributed by atoms with Crippen molar-refractivity contribution in [2.75, 3.05) is 31.1 Å². The van der Waals surface area contributed by atoms with Crippen LogP contribution in [0.15, 0.2) is 22.7 Å². The van der Waals surface area contributed by atoms with Crippen molar-refractivity contribution in [2.45, 2.75) is 45.7 Å². The zero-order valence-electron chi connectivity index (χ0n) is 13.5. The predicted molar refractivity (Wildman–Crippen MR) is 95.0 cm³/mol. The summed E-state index contributed by atoms with van der Waals surface area (Å²) in [6, 6.07) is 7.47. The molecule has 1 aliphatic rings. The molecule has 2 atom stereocenters. The number of nitrogens with zero attached hydrogens (tertiary/aromatic N) is 2. The Labute approximate surface area is 137 Å². The lowest BCUT2D eigenvalue weighted by atomic mass is 10.0. The Balaban J connectivity index is 2.10. The van der Waals surface area contributed by atoms with Gasteiger partial charge in [-0.15, -0.1) is 0 Å². The zero-order valence-corrected chi connectivity index (χ0v) is 15.1. The predicted octanol–water partition coefficient (Wildman–Crippen LogP) is 3.26. The van der Waals surface area contributed by atoms with E-state index in [0.717, 1.165) is 37.1 Å². The van der Waals surface area contributed by atoms with Crippen LogP contribution in [0.5, 0.6) is 0 Å². The average Bonchev–Trinajstić information content (AvgIpc) is 2.48. The summed E-state index contributed by atoms with van der Waals surface area (Å²) in [5.41, 5.74) is 8.72. The molecule has 4 heteroatoms. The second kappa shape index (κ2) is 7.61. The quantitative estimate of drug-likeness (QED) is 0.881.